The molecule has 1 saturated heterocycles. The summed E-state index contributed by atoms with van der Waals surface area (Å²) in [5.41, 5.74) is 3.39. The van der Waals surface area contributed by atoms with Crippen LogP contribution in [0.1, 0.15) is 19.8 Å². The quantitative estimate of drug-likeness (QED) is 0.794. The first-order valence-electron chi connectivity index (χ1n) is 6.16. The summed E-state index contributed by atoms with van der Waals surface area (Å²) in [5.74, 6) is 0.159. The summed E-state index contributed by atoms with van der Waals surface area (Å²) < 4.78 is 5.41. The average Bonchev–Trinajstić information content (AvgIpc) is 2.64. The van der Waals surface area contributed by atoms with Gasteiger partial charge in [-0.3, -0.25) is 4.79 Å². The summed E-state index contributed by atoms with van der Waals surface area (Å²) in [6.07, 6.45) is 6.52. The maximum absolute atomic E-state index is 12.0. The minimum atomic E-state index is 0.132. The van der Waals surface area contributed by atoms with Gasteiger partial charge in [0, 0.05) is 32.1 Å². The van der Waals surface area contributed by atoms with Gasteiger partial charge in [0.05, 0.1) is 18.4 Å². The molecule has 0 aromatic heterocycles. The van der Waals surface area contributed by atoms with Gasteiger partial charge in [0.15, 0.2) is 0 Å². The van der Waals surface area contributed by atoms with E-state index in [4.69, 9.17) is 4.74 Å². The number of nitrogens with one attached hydrogen (secondary N) is 1. The Labute approximate surface area is 106 Å². The molecule has 1 amide bonds. The molecule has 98 valence electrons. The zero-order chi connectivity index (χ0) is 12.8. The SMILES string of the molecule is CC1CN(C(=O)CCC2=NNN=CC=C2)CCO1. The Bertz CT molecular complexity index is 390. The minimum Gasteiger partial charge on any atom is -0.375 e. The molecule has 2 aliphatic rings. The Hall–Kier alpha value is -1.69. The van der Waals surface area contributed by atoms with Gasteiger partial charge >= 0.3 is 0 Å². The lowest BCUT2D eigenvalue weighted by atomic mass is 10.1. The summed E-state index contributed by atoms with van der Waals surface area (Å²) in [4.78, 5) is 13.9. The Balaban J connectivity index is 1.79. The van der Waals surface area contributed by atoms with Crippen LogP contribution in [0.4, 0.5) is 0 Å². The van der Waals surface area contributed by atoms with Gasteiger partial charge in [-0.15, -0.1) is 0 Å². The normalized spacial score (nSPS) is 23.3. The van der Waals surface area contributed by atoms with E-state index in [1.54, 1.807) is 12.3 Å². The second-order valence-corrected chi connectivity index (χ2v) is 4.36. The van der Waals surface area contributed by atoms with E-state index >= 15 is 0 Å². The summed E-state index contributed by atoms with van der Waals surface area (Å²) >= 11 is 0. The number of nitrogens with zero attached hydrogens (tertiary/aromatic N) is 3. The third-order valence-corrected chi connectivity index (χ3v) is 2.89. The third kappa shape index (κ3) is 3.66. The van der Waals surface area contributed by atoms with Crippen molar-refractivity contribution in [2.45, 2.75) is 25.9 Å². The fraction of sp³-hybridized carbons (Fsp3) is 0.583. The molecule has 1 unspecified atom stereocenters. The van der Waals surface area contributed by atoms with Gasteiger partial charge in [-0.25, -0.2) is 0 Å². The van der Waals surface area contributed by atoms with Gasteiger partial charge in [0.25, 0.3) is 0 Å². The van der Waals surface area contributed by atoms with Gasteiger partial charge in [0.1, 0.15) is 0 Å². The average molecular weight is 250 g/mol. The predicted molar refractivity (Wildman–Crippen MR) is 69.4 cm³/mol. The minimum absolute atomic E-state index is 0.132. The largest absolute Gasteiger partial charge is 0.375 e. The highest BCUT2D eigenvalue weighted by molar-refractivity contribution is 5.99. The number of carbonyl (C=O) groups excluding carboxylic acids is 1. The molecule has 18 heavy (non-hydrogen) atoms. The molecular weight excluding hydrogens is 232 g/mol. The topological polar surface area (TPSA) is 66.3 Å². The zero-order valence-electron chi connectivity index (χ0n) is 10.5. The van der Waals surface area contributed by atoms with Crippen LogP contribution in [-0.2, 0) is 9.53 Å². The van der Waals surface area contributed by atoms with Crippen LogP contribution in [0, 0.1) is 0 Å². The van der Waals surface area contributed by atoms with Gasteiger partial charge in [0.2, 0.25) is 5.91 Å². The standard InChI is InChI=1S/C12H18N4O2/c1-10-9-16(7-8-18-10)12(17)5-4-11-3-2-6-13-15-14-11/h2-3,6,10,15H,4-5,7-9H2,1H3. The van der Waals surface area contributed by atoms with Crippen molar-refractivity contribution in [1.82, 2.24) is 10.4 Å². The Morgan fingerprint density at radius 3 is 3.39 bits per heavy atom. The first-order valence-corrected chi connectivity index (χ1v) is 6.16. The van der Waals surface area contributed by atoms with Crippen molar-refractivity contribution in [1.29, 1.82) is 0 Å². The molecule has 0 aromatic carbocycles. The lowest BCUT2D eigenvalue weighted by Crippen LogP contribution is -2.44. The lowest BCUT2D eigenvalue weighted by molar-refractivity contribution is -0.137. The number of rotatable bonds is 3. The number of hydrazone groups is 2. The van der Waals surface area contributed by atoms with Gasteiger partial charge < -0.3 is 9.64 Å². The van der Waals surface area contributed by atoms with Crippen molar-refractivity contribution in [2.24, 2.45) is 10.2 Å². The van der Waals surface area contributed by atoms with Crippen molar-refractivity contribution < 1.29 is 9.53 Å². The molecule has 0 aromatic rings. The molecule has 2 rings (SSSR count). The molecule has 0 bridgehead atoms. The maximum atomic E-state index is 12.0. The second kappa shape index (κ2) is 6.30. The first kappa shape index (κ1) is 12.8. The van der Waals surface area contributed by atoms with Gasteiger partial charge in [-0.1, -0.05) is 0 Å². The van der Waals surface area contributed by atoms with Crippen LogP contribution in [-0.4, -0.2) is 48.5 Å². The molecule has 6 nitrogen and oxygen atoms in total. The summed E-state index contributed by atoms with van der Waals surface area (Å²) in [7, 11) is 0. The van der Waals surface area contributed by atoms with Gasteiger partial charge in [-0.05, 0) is 19.1 Å². The monoisotopic (exact) mass is 250 g/mol. The first-order chi connectivity index (χ1) is 8.75. The highest BCUT2D eigenvalue weighted by Crippen LogP contribution is 2.08. The van der Waals surface area contributed by atoms with Crippen molar-refractivity contribution in [3.63, 3.8) is 0 Å². The Morgan fingerprint density at radius 1 is 1.67 bits per heavy atom. The Morgan fingerprint density at radius 2 is 2.56 bits per heavy atom. The third-order valence-electron chi connectivity index (χ3n) is 2.89. The number of allylic oxidation sites excluding steroid dienone is 2. The van der Waals surface area contributed by atoms with E-state index in [-0.39, 0.29) is 12.0 Å². The van der Waals surface area contributed by atoms with E-state index in [2.05, 4.69) is 15.7 Å². The number of morpholine rings is 1. The summed E-state index contributed by atoms with van der Waals surface area (Å²) in [5, 5.41) is 7.83. The molecule has 6 heteroatoms. The van der Waals surface area contributed by atoms with E-state index in [0.29, 0.717) is 32.5 Å². The highest BCUT2D eigenvalue weighted by Gasteiger charge is 2.21. The summed E-state index contributed by atoms with van der Waals surface area (Å²) in [6, 6.07) is 0. The second-order valence-electron chi connectivity index (χ2n) is 4.36. The lowest BCUT2D eigenvalue weighted by Gasteiger charge is -2.31. The number of amides is 1. The molecule has 0 aliphatic carbocycles. The van der Waals surface area contributed by atoms with Crippen LogP contribution in [0.3, 0.4) is 0 Å². The molecule has 0 saturated carbocycles. The van der Waals surface area contributed by atoms with E-state index in [1.165, 1.54) is 0 Å². The number of hydrogen-bond donors (Lipinski definition) is 1. The van der Waals surface area contributed by atoms with Crippen LogP contribution >= 0.6 is 0 Å². The molecule has 1 N–H and O–H groups in total. The van der Waals surface area contributed by atoms with E-state index < -0.39 is 0 Å². The molecule has 1 atom stereocenters. The fourth-order valence-corrected chi connectivity index (χ4v) is 1.94. The molecular formula is C12H18N4O2. The van der Waals surface area contributed by atoms with Crippen molar-refractivity contribution >= 4 is 17.8 Å². The number of carbonyl (C=O) groups is 1. The Kier molecular flexibility index (Phi) is 4.46. The highest BCUT2D eigenvalue weighted by atomic mass is 16.5. The summed E-state index contributed by atoms with van der Waals surface area (Å²) in [6.45, 7) is 3.98. The molecule has 2 heterocycles. The smallest absolute Gasteiger partial charge is 0.223 e. The van der Waals surface area contributed by atoms with Crippen molar-refractivity contribution in [2.75, 3.05) is 19.7 Å². The fourth-order valence-electron chi connectivity index (χ4n) is 1.94. The maximum Gasteiger partial charge on any atom is 0.223 e. The van der Waals surface area contributed by atoms with E-state index in [0.717, 1.165) is 5.71 Å². The molecule has 0 radical (unpaired) electrons. The molecule has 2 aliphatic heterocycles. The predicted octanol–water partition coefficient (Wildman–Crippen LogP) is 0.515. The van der Waals surface area contributed by atoms with Crippen LogP contribution in [0.15, 0.2) is 22.4 Å². The van der Waals surface area contributed by atoms with Crippen molar-refractivity contribution in [3.8, 4) is 0 Å². The molecule has 0 spiro atoms. The zero-order valence-corrected chi connectivity index (χ0v) is 10.5. The van der Waals surface area contributed by atoms with E-state index in [9.17, 15) is 4.79 Å². The van der Waals surface area contributed by atoms with Crippen LogP contribution < -0.4 is 5.53 Å². The van der Waals surface area contributed by atoms with E-state index in [1.807, 2.05) is 17.9 Å². The molecule has 1 fully saturated rings. The van der Waals surface area contributed by atoms with Crippen LogP contribution in [0.2, 0.25) is 0 Å². The van der Waals surface area contributed by atoms with Crippen LogP contribution in [0.5, 0.6) is 0 Å². The van der Waals surface area contributed by atoms with Crippen molar-refractivity contribution in [3.05, 3.63) is 12.2 Å². The van der Waals surface area contributed by atoms with Crippen LogP contribution in [0.25, 0.3) is 0 Å². The number of ether oxygens (including phenoxy) is 1. The number of hydrogen-bond acceptors (Lipinski definition) is 5. The van der Waals surface area contributed by atoms with Gasteiger partial charge in [-0.2, -0.15) is 15.7 Å².